The SMILES string of the molecule is CC(C)Oc1cc2c(cc1C=O)CC(=O)N(c1ccc(N(C)C[C@H]3CC[C@H](N4CCN(C)C(=O)C4)CC3)cc1)[C@H]2c1ccc(Cl)cc1. The highest BCUT2D eigenvalue weighted by atomic mass is 35.5. The average molecular weight is 657 g/mol. The minimum absolute atomic E-state index is 0.0354. The zero-order chi connectivity index (χ0) is 33.2. The number of rotatable bonds is 9. The first-order chi connectivity index (χ1) is 22.6. The van der Waals surface area contributed by atoms with Crippen LogP contribution in [-0.2, 0) is 16.0 Å². The van der Waals surface area contributed by atoms with Gasteiger partial charge in [0.05, 0.1) is 30.7 Å². The molecule has 8 nitrogen and oxygen atoms in total. The van der Waals surface area contributed by atoms with Crippen LogP contribution in [0.15, 0.2) is 60.7 Å². The Labute approximate surface area is 283 Å². The number of hydrogen-bond donors (Lipinski definition) is 0. The monoisotopic (exact) mass is 656 g/mol. The van der Waals surface area contributed by atoms with Gasteiger partial charge in [0, 0.05) is 56.2 Å². The lowest BCUT2D eigenvalue weighted by Crippen LogP contribution is -2.53. The third-order valence-electron chi connectivity index (χ3n) is 10.0. The molecule has 2 amide bonds. The van der Waals surface area contributed by atoms with Crippen molar-refractivity contribution in [1.29, 1.82) is 0 Å². The number of hydrogen-bond acceptors (Lipinski definition) is 6. The maximum absolute atomic E-state index is 13.9. The van der Waals surface area contributed by atoms with E-state index >= 15 is 0 Å². The van der Waals surface area contributed by atoms with E-state index in [1.807, 2.05) is 73.2 Å². The molecule has 1 saturated heterocycles. The number of anilines is 2. The van der Waals surface area contributed by atoms with Gasteiger partial charge in [-0.05, 0) is 111 Å². The first-order valence-corrected chi connectivity index (χ1v) is 17.1. The second kappa shape index (κ2) is 14.1. The molecule has 0 bridgehead atoms. The van der Waals surface area contributed by atoms with Crippen LogP contribution in [0.3, 0.4) is 0 Å². The minimum atomic E-state index is -0.409. The summed E-state index contributed by atoms with van der Waals surface area (Å²) in [5.41, 5.74) is 5.06. The van der Waals surface area contributed by atoms with E-state index in [2.05, 4.69) is 29.0 Å². The van der Waals surface area contributed by atoms with Crippen LogP contribution in [0.1, 0.15) is 72.6 Å². The molecule has 0 spiro atoms. The highest BCUT2D eigenvalue weighted by Crippen LogP contribution is 2.42. The molecule has 2 fully saturated rings. The number of likely N-dealkylation sites (N-methyl/N-ethyl adjacent to an activating group) is 1. The van der Waals surface area contributed by atoms with Gasteiger partial charge in [-0.25, -0.2) is 0 Å². The highest BCUT2D eigenvalue weighted by Gasteiger charge is 2.36. The van der Waals surface area contributed by atoms with Crippen LogP contribution in [0.2, 0.25) is 5.02 Å². The lowest BCUT2D eigenvalue weighted by molar-refractivity contribution is -0.135. The number of ether oxygens (including phenoxy) is 1. The van der Waals surface area contributed by atoms with Gasteiger partial charge in [0.15, 0.2) is 6.29 Å². The first-order valence-electron chi connectivity index (χ1n) is 16.8. The fourth-order valence-corrected chi connectivity index (χ4v) is 7.58. The van der Waals surface area contributed by atoms with Crippen LogP contribution in [0.4, 0.5) is 11.4 Å². The molecule has 1 saturated carbocycles. The van der Waals surface area contributed by atoms with Crippen molar-refractivity contribution in [3.05, 3.63) is 87.9 Å². The molecule has 0 unspecified atom stereocenters. The van der Waals surface area contributed by atoms with Crippen molar-refractivity contribution >= 4 is 41.1 Å². The van der Waals surface area contributed by atoms with Gasteiger partial charge in [-0.2, -0.15) is 0 Å². The molecule has 2 aliphatic heterocycles. The van der Waals surface area contributed by atoms with E-state index in [1.165, 1.54) is 0 Å². The molecule has 9 heteroatoms. The molecule has 2 heterocycles. The summed E-state index contributed by atoms with van der Waals surface area (Å²) in [5.74, 6) is 1.32. The summed E-state index contributed by atoms with van der Waals surface area (Å²) in [4.78, 5) is 46.4. The summed E-state index contributed by atoms with van der Waals surface area (Å²) in [5, 5.41) is 0.623. The number of fused-ring (bicyclic) bond motifs is 1. The van der Waals surface area contributed by atoms with Crippen molar-refractivity contribution in [3.8, 4) is 5.75 Å². The van der Waals surface area contributed by atoms with Crippen molar-refractivity contribution in [2.45, 2.75) is 64.1 Å². The Kier molecular flexibility index (Phi) is 9.90. The standard InChI is InChI=1S/C38H45ClN4O4/c1-25(2)47-35-21-34-28(19-29(35)24-44)20-36(45)43(38(34)27-7-9-30(39)10-8-27)33-15-13-31(14-16-33)41(4)22-26-5-11-32(12-6-26)42-18-17-40(3)37(46)23-42/h7-10,13-16,19,21,24-26,32,38H,5-6,11-12,17-18,20,22-23H2,1-4H3/t26-,32-,38-/m0/s1. The predicted octanol–water partition coefficient (Wildman–Crippen LogP) is 6.39. The summed E-state index contributed by atoms with van der Waals surface area (Å²) < 4.78 is 6.04. The number of nitrogens with zero attached hydrogens (tertiary/aromatic N) is 4. The quantitative estimate of drug-likeness (QED) is 0.249. The number of halogens is 1. The Morgan fingerprint density at radius 3 is 2.30 bits per heavy atom. The van der Waals surface area contributed by atoms with Crippen molar-refractivity contribution in [1.82, 2.24) is 9.80 Å². The summed E-state index contributed by atoms with van der Waals surface area (Å²) in [7, 11) is 4.03. The fourth-order valence-electron chi connectivity index (χ4n) is 7.45. The first kappa shape index (κ1) is 33.0. The molecular weight excluding hydrogens is 612 g/mol. The van der Waals surface area contributed by atoms with Crippen LogP contribution in [-0.4, -0.2) is 80.3 Å². The van der Waals surface area contributed by atoms with E-state index in [9.17, 15) is 14.4 Å². The largest absolute Gasteiger partial charge is 0.490 e. The Morgan fingerprint density at radius 2 is 1.66 bits per heavy atom. The summed E-state index contributed by atoms with van der Waals surface area (Å²) in [6.45, 7) is 7.18. The molecule has 248 valence electrons. The van der Waals surface area contributed by atoms with Gasteiger partial charge in [-0.1, -0.05) is 23.7 Å². The number of benzene rings is 3. The molecule has 3 aromatic carbocycles. The van der Waals surface area contributed by atoms with Crippen molar-refractivity contribution in [2.24, 2.45) is 5.92 Å². The van der Waals surface area contributed by atoms with Crippen LogP contribution in [0.5, 0.6) is 5.75 Å². The van der Waals surface area contributed by atoms with Crippen LogP contribution in [0, 0.1) is 5.92 Å². The van der Waals surface area contributed by atoms with E-state index in [0.717, 1.165) is 79.7 Å². The van der Waals surface area contributed by atoms with Crippen LogP contribution in [0.25, 0.3) is 0 Å². The van der Waals surface area contributed by atoms with Crippen molar-refractivity contribution < 1.29 is 19.1 Å². The maximum atomic E-state index is 13.9. The Balaban J connectivity index is 1.20. The van der Waals surface area contributed by atoms with Gasteiger partial charge in [0.2, 0.25) is 11.8 Å². The number of piperazine rings is 1. The van der Waals surface area contributed by atoms with E-state index in [4.69, 9.17) is 16.3 Å². The van der Waals surface area contributed by atoms with E-state index in [1.54, 1.807) is 6.07 Å². The normalized spacial score (nSPS) is 22.0. The Bertz CT molecular complexity index is 1600. The maximum Gasteiger partial charge on any atom is 0.236 e. The van der Waals surface area contributed by atoms with Gasteiger partial charge >= 0.3 is 0 Å². The third-order valence-corrected chi connectivity index (χ3v) is 10.3. The van der Waals surface area contributed by atoms with Crippen LogP contribution >= 0.6 is 11.6 Å². The Morgan fingerprint density at radius 1 is 0.957 bits per heavy atom. The predicted molar refractivity (Wildman–Crippen MR) is 187 cm³/mol. The summed E-state index contributed by atoms with van der Waals surface area (Å²) in [6, 6.07) is 19.7. The van der Waals surface area contributed by atoms with E-state index in [-0.39, 0.29) is 24.3 Å². The molecule has 3 aromatic rings. The highest BCUT2D eigenvalue weighted by molar-refractivity contribution is 6.30. The number of carbonyl (C=O) groups is 3. The average Bonchev–Trinajstić information content (AvgIpc) is 3.06. The molecule has 1 atom stereocenters. The molecule has 0 aromatic heterocycles. The number of aldehydes is 1. The van der Waals surface area contributed by atoms with E-state index < -0.39 is 6.04 Å². The summed E-state index contributed by atoms with van der Waals surface area (Å²) >= 11 is 6.26. The van der Waals surface area contributed by atoms with Gasteiger partial charge < -0.3 is 19.4 Å². The zero-order valence-corrected chi connectivity index (χ0v) is 28.6. The van der Waals surface area contributed by atoms with Gasteiger partial charge in [0.1, 0.15) is 5.75 Å². The molecule has 47 heavy (non-hydrogen) atoms. The molecule has 0 N–H and O–H groups in total. The minimum Gasteiger partial charge on any atom is -0.490 e. The Hall–Kier alpha value is -3.88. The smallest absolute Gasteiger partial charge is 0.236 e. The lowest BCUT2D eigenvalue weighted by Gasteiger charge is -2.41. The number of carbonyl (C=O) groups excluding carboxylic acids is 3. The molecular formula is C38H45ClN4O4. The number of amides is 2. The molecule has 6 rings (SSSR count). The zero-order valence-electron chi connectivity index (χ0n) is 27.8. The van der Waals surface area contributed by atoms with Gasteiger partial charge in [-0.3, -0.25) is 19.3 Å². The van der Waals surface area contributed by atoms with Gasteiger partial charge in [0.25, 0.3) is 0 Å². The molecule has 3 aliphatic rings. The topological polar surface area (TPSA) is 73.4 Å². The van der Waals surface area contributed by atoms with Gasteiger partial charge in [-0.15, -0.1) is 0 Å². The second-order valence-corrected chi connectivity index (χ2v) is 14.1. The molecule has 0 radical (unpaired) electrons. The van der Waals surface area contributed by atoms with E-state index in [0.29, 0.717) is 34.8 Å². The van der Waals surface area contributed by atoms with Crippen LogP contribution < -0.4 is 14.5 Å². The molecule has 1 aliphatic carbocycles. The summed E-state index contributed by atoms with van der Waals surface area (Å²) in [6.07, 6.45) is 5.47. The second-order valence-electron chi connectivity index (χ2n) is 13.6. The van der Waals surface area contributed by atoms with Crippen molar-refractivity contribution in [3.63, 3.8) is 0 Å². The lowest BCUT2D eigenvalue weighted by atomic mass is 9.84. The third kappa shape index (κ3) is 7.19. The van der Waals surface area contributed by atoms with Crippen molar-refractivity contribution in [2.75, 3.05) is 50.1 Å². The fraction of sp³-hybridized carbons (Fsp3) is 0.447.